The van der Waals surface area contributed by atoms with Crippen molar-refractivity contribution in [3.8, 4) is 0 Å². The summed E-state index contributed by atoms with van der Waals surface area (Å²) >= 11 is 0. The van der Waals surface area contributed by atoms with E-state index in [0.717, 1.165) is 31.9 Å². The normalized spacial score (nSPS) is 15.4. The summed E-state index contributed by atoms with van der Waals surface area (Å²) in [4.78, 5) is 18.5. The van der Waals surface area contributed by atoms with Crippen molar-refractivity contribution in [3.05, 3.63) is 41.9 Å². The van der Waals surface area contributed by atoms with Crippen LogP contribution in [0, 0.1) is 6.92 Å². The van der Waals surface area contributed by atoms with E-state index in [9.17, 15) is 4.79 Å². The van der Waals surface area contributed by atoms with Crippen LogP contribution in [-0.4, -0.2) is 33.4 Å². The number of imidazole rings is 1. The fourth-order valence-electron chi connectivity index (χ4n) is 2.70. The summed E-state index contributed by atoms with van der Waals surface area (Å²) in [6, 6.07) is 1.71. The van der Waals surface area contributed by atoms with Gasteiger partial charge in [-0.3, -0.25) is 4.79 Å². The first-order chi connectivity index (χ1) is 9.70. The maximum Gasteiger partial charge on any atom is 0.257 e. The van der Waals surface area contributed by atoms with Crippen LogP contribution in [-0.2, 0) is 6.54 Å². The minimum absolute atomic E-state index is 0.0420. The Morgan fingerprint density at radius 2 is 2.30 bits per heavy atom. The number of hydrogen-bond acceptors (Lipinski definition) is 3. The first-order valence-corrected chi connectivity index (χ1v) is 7.04. The van der Waals surface area contributed by atoms with Crippen LogP contribution in [0.25, 0.3) is 0 Å². The van der Waals surface area contributed by atoms with Crippen molar-refractivity contribution in [3.63, 3.8) is 0 Å². The number of hydrogen-bond donors (Lipinski definition) is 0. The van der Waals surface area contributed by atoms with Gasteiger partial charge in [-0.15, -0.1) is 0 Å². The smallest absolute Gasteiger partial charge is 0.257 e. The van der Waals surface area contributed by atoms with E-state index in [-0.39, 0.29) is 5.91 Å². The summed E-state index contributed by atoms with van der Waals surface area (Å²) in [6.07, 6.45) is 6.04. The van der Waals surface area contributed by atoms with Gasteiger partial charge in [0.25, 0.3) is 5.91 Å². The number of nitrogens with zero attached hydrogens (tertiary/aromatic N) is 3. The van der Waals surface area contributed by atoms with Gasteiger partial charge in [0.15, 0.2) is 0 Å². The maximum atomic E-state index is 12.1. The molecule has 0 saturated carbocycles. The van der Waals surface area contributed by atoms with Gasteiger partial charge in [0, 0.05) is 31.5 Å². The molecule has 20 heavy (non-hydrogen) atoms. The molecule has 2 aromatic rings. The molecule has 3 heterocycles. The Kier molecular flexibility index (Phi) is 3.34. The number of carbonyl (C=O) groups excluding carboxylic acids is 1. The lowest BCUT2D eigenvalue weighted by Crippen LogP contribution is -2.49. The molecular formula is C15H19N3O2. The van der Waals surface area contributed by atoms with Crippen LogP contribution in [0.3, 0.4) is 0 Å². The molecule has 3 rings (SSSR count). The Balaban J connectivity index is 1.67. The SMILES string of the molecule is CCCn1c(C)cnc1C1CN(C(=O)c2ccoc2)C1. The van der Waals surface area contributed by atoms with Gasteiger partial charge in [-0.25, -0.2) is 4.98 Å². The van der Waals surface area contributed by atoms with Crippen molar-refractivity contribution in [2.75, 3.05) is 13.1 Å². The van der Waals surface area contributed by atoms with E-state index in [1.165, 1.54) is 18.2 Å². The Morgan fingerprint density at radius 3 is 2.95 bits per heavy atom. The zero-order valence-electron chi connectivity index (χ0n) is 11.9. The summed E-state index contributed by atoms with van der Waals surface area (Å²) < 4.78 is 7.22. The molecule has 1 fully saturated rings. The van der Waals surface area contributed by atoms with Crippen LogP contribution in [0.15, 0.2) is 29.2 Å². The van der Waals surface area contributed by atoms with E-state index < -0.39 is 0 Å². The van der Waals surface area contributed by atoms with Crippen molar-refractivity contribution >= 4 is 5.91 Å². The van der Waals surface area contributed by atoms with E-state index in [0.29, 0.717) is 11.5 Å². The van der Waals surface area contributed by atoms with E-state index >= 15 is 0 Å². The van der Waals surface area contributed by atoms with Gasteiger partial charge in [0.05, 0.1) is 17.7 Å². The second-order valence-electron chi connectivity index (χ2n) is 5.33. The summed E-state index contributed by atoms with van der Waals surface area (Å²) in [5, 5.41) is 0. The fraction of sp³-hybridized carbons (Fsp3) is 0.467. The molecule has 1 amide bonds. The minimum Gasteiger partial charge on any atom is -0.472 e. The van der Waals surface area contributed by atoms with Crippen LogP contribution in [0.1, 0.15) is 41.1 Å². The van der Waals surface area contributed by atoms with Gasteiger partial charge in [-0.2, -0.15) is 0 Å². The number of rotatable bonds is 4. The lowest BCUT2D eigenvalue weighted by Gasteiger charge is -2.38. The van der Waals surface area contributed by atoms with Gasteiger partial charge in [0.2, 0.25) is 0 Å². The lowest BCUT2D eigenvalue weighted by molar-refractivity contribution is 0.0590. The second-order valence-corrected chi connectivity index (χ2v) is 5.33. The highest BCUT2D eigenvalue weighted by Crippen LogP contribution is 2.28. The molecule has 5 heteroatoms. The standard InChI is InChI=1S/C15H19N3O2/c1-3-5-18-11(2)7-16-14(18)13-8-17(9-13)15(19)12-4-6-20-10-12/h4,6-7,10,13H,3,5,8-9H2,1-2H3. The molecule has 0 aromatic carbocycles. The molecule has 5 nitrogen and oxygen atoms in total. The van der Waals surface area contributed by atoms with E-state index in [1.807, 2.05) is 11.1 Å². The van der Waals surface area contributed by atoms with Gasteiger partial charge in [0.1, 0.15) is 12.1 Å². The highest BCUT2D eigenvalue weighted by atomic mass is 16.3. The third-order valence-electron chi connectivity index (χ3n) is 3.84. The predicted octanol–water partition coefficient (Wildman–Crippen LogP) is 2.43. The monoisotopic (exact) mass is 273 g/mol. The summed E-state index contributed by atoms with van der Waals surface area (Å²) in [6.45, 7) is 6.72. The second kappa shape index (κ2) is 5.15. The molecule has 0 bridgehead atoms. The molecule has 0 spiro atoms. The maximum absolute atomic E-state index is 12.1. The molecule has 1 saturated heterocycles. The van der Waals surface area contributed by atoms with Gasteiger partial charge in [-0.1, -0.05) is 6.92 Å². The summed E-state index contributed by atoms with van der Waals surface area (Å²) in [5.74, 6) is 1.51. The van der Waals surface area contributed by atoms with E-state index in [4.69, 9.17) is 4.42 Å². The average molecular weight is 273 g/mol. The van der Waals surface area contributed by atoms with Crippen molar-refractivity contribution in [2.24, 2.45) is 0 Å². The third kappa shape index (κ3) is 2.13. The molecule has 2 aromatic heterocycles. The zero-order valence-corrected chi connectivity index (χ0v) is 11.9. The van der Waals surface area contributed by atoms with E-state index in [1.54, 1.807) is 6.07 Å². The van der Waals surface area contributed by atoms with Crippen LogP contribution < -0.4 is 0 Å². The van der Waals surface area contributed by atoms with Crippen molar-refractivity contribution in [1.29, 1.82) is 0 Å². The van der Waals surface area contributed by atoms with Crippen LogP contribution >= 0.6 is 0 Å². The first kappa shape index (κ1) is 13.0. The molecule has 0 radical (unpaired) electrons. The minimum atomic E-state index is 0.0420. The van der Waals surface area contributed by atoms with Crippen molar-refractivity contribution < 1.29 is 9.21 Å². The van der Waals surface area contributed by atoms with E-state index in [2.05, 4.69) is 23.4 Å². The van der Waals surface area contributed by atoms with Crippen LogP contribution in [0.4, 0.5) is 0 Å². The molecule has 1 aliphatic heterocycles. The zero-order chi connectivity index (χ0) is 14.1. The first-order valence-electron chi connectivity index (χ1n) is 7.04. The highest BCUT2D eigenvalue weighted by molar-refractivity contribution is 5.94. The largest absolute Gasteiger partial charge is 0.472 e. The molecule has 0 N–H and O–H groups in total. The predicted molar refractivity (Wildman–Crippen MR) is 74.6 cm³/mol. The number of aromatic nitrogens is 2. The van der Waals surface area contributed by atoms with Crippen molar-refractivity contribution in [1.82, 2.24) is 14.5 Å². The third-order valence-corrected chi connectivity index (χ3v) is 3.84. The molecule has 106 valence electrons. The molecule has 0 atom stereocenters. The average Bonchev–Trinajstić information content (AvgIpc) is 3.01. The topological polar surface area (TPSA) is 51.3 Å². The highest BCUT2D eigenvalue weighted by Gasteiger charge is 2.35. The van der Waals surface area contributed by atoms with Crippen LogP contribution in [0.2, 0.25) is 0 Å². The Morgan fingerprint density at radius 1 is 1.50 bits per heavy atom. The number of carbonyl (C=O) groups is 1. The molecule has 0 unspecified atom stereocenters. The molecular weight excluding hydrogens is 254 g/mol. The Labute approximate surface area is 118 Å². The Hall–Kier alpha value is -2.04. The fourth-order valence-corrected chi connectivity index (χ4v) is 2.70. The van der Waals surface area contributed by atoms with Gasteiger partial charge < -0.3 is 13.9 Å². The van der Waals surface area contributed by atoms with Crippen molar-refractivity contribution in [2.45, 2.75) is 32.7 Å². The summed E-state index contributed by atoms with van der Waals surface area (Å²) in [5.41, 5.74) is 1.82. The number of furan rings is 1. The molecule has 0 aliphatic carbocycles. The molecule has 1 aliphatic rings. The Bertz CT molecular complexity index is 595. The number of amides is 1. The quantitative estimate of drug-likeness (QED) is 0.859. The van der Waals surface area contributed by atoms with Gasteiger partial charge in [-0.05, 0) is 19.4 Å². The lowest BCUT2D eigenvalue weighted by atomic mass is 9.98. The van der Waals surface area contributed by atoms with Gasteiger partial charge >= 0.3 is 0 Å². The number of likely N-dealkylation sites (tertiary alicyclic amines) is 1. The van der Waals surface area contributed by atoms with Crippen LogP contribution in [0.5, 0.6) is 0 Å². The summed E-state index contributed by atoms with van der Waals surface area (Å²) in [7, 11) is 0. The number of aryl methyl sites for hydroxylation is 1.